The van der Waals surface area contributed by atoms with Crippen LogP contribution in [0.25, 0.3) is 0 Å². The normalized spacial score (nSPS) is 20.0. The van der Waals surface area contributed by atoms with E-state index < -0.39 is 46.6 Å². The van der Waals surface area contributed by atoms with E-state index in [-0.39, 0.29) is 41.9 Å². The number of esters is 1. The predicted octanol–water partition coefficient (Wildman–Crippen LogP) is 4.59. The molecule has 1 fully saturated rings. The Morgan fingerprint density at radius 3 is 2.49 bits per heavy atom. The fourth-order valence-corrected chi connectivity index (χ4v) is 7.41. The van der Waals surface area contributed by atoms with Crippen LogP contribution in [0.1, 0.15) is 35.8 Å². The first-order chi connectivity index (χ1) is 19.5. The summed E-state index contributed by atoms with van der Waals surface area (Å²) in [4.78, 5) is 55.2. The number of nitrogens with one attached hydrogen (secondary N) is 1. The minimum absolute atomic E-state index is 0.182. The molecular formula is C27H23F3N2O7S2. The highest BCUT2D eigenvalue weighted by atomic mass is 32.2. The molecule has 3 heterocycles. The van der Waals surface area contributed by atoms with Crippen molar-refractivity contribution in [1.82, 2.24) is 4.98 Å². The Balaban J connectivity index is 1.56. The van der Waals surface area contributed by atoms with Crippen LogP contribution in [0.4, 0.5) is 18.9 Å². The van der Waals surface area contributed by atoms with Crippen molar-refractivity contribution in [3.63, 3.8) is 0 Å². The van der Waals surface area contributed by atoms with Crippen molar-refractivity contribution in [2.45, 2.75) is 36.2 Å². The number of H-pyrrole nitrogens is 1. The lowest BCUT2D eigenvalue weighted by atomic mass is 9.83. The molecule has 0 spiro atoms. The highest BCUT2D eigenvalue weighted by Crippen LogP contribution is 2.54. The van der Waals surface area contributed by atoms with Crippen molar-refractivity contribution >= 4 is 46.6 Å². The molecule has 9 nitrogen and oxygen atoms in total. The van der Waals surface area contributed by atoms with Crippen LogP contribution in [-0.2, 0) is 25.3 Å². The van der Waals surface area contributed by atoms with Gasteiger partial charge in [-0.25, -0.2) is 9.69 Å². The van der Waals surface area contributed by atoms with Crippen LogP contribution < -0.4 is 19.2 Å². The summed E-state index contributed by atoms with van der Waals surface area (Å²) in [5.74, 6) is -3.21. The van der Waals surface area contributed by atoms with Gasteiger partial charge in [0.25, 0.3) is 0 Å². The zero-order valence-electron chi connectivity index (χ0n) is 21.7. The molecule has 1 aromatic heterocycles. The molecule has 0 radical (unpaired) electrons. The number of carbonyl (C=O) groups is 3. The van der Waals surface area contributed by atoms with E-state index in [1.165, 1.54) is 6.07 Å². The Bertz CT molecular complexity index is 1570. The second-order valence-corrected chi connectivity index (χ2v) is 11.2. The summed E-state index contributed by atoms with van der Waals surface area (Å²) < 4.78 is 56.4. The molecule has 5 rings (SSSR count). The first-order valence-electron chi connectivity index (χ1n) is 12.5. The third-order valence-corrected chi connectivity index (χ3v) is 8.93. The van der Waals surface area contributed by atoms with E-state index in [4.69, 9.17) is 14.2 Å². The maximum atomic E-state index is 13.8. The van der Waals surface area contributed by atoms with Crippen LogP contribution >= 0.6 is 23.1 Å². The summed E-state index contributed by atoms with van der Waals surface area (Å²) in [5.41, 5.74) is -0.646. The number of hydrogen-bond acceptors (Lipinski definition) is 9. The van der Waals surface area contributed by atoms with E-state index in [0.29, 0.717) is 15.5 Å². The molecule has 2 aromatic carbocycles. The summed E-state index contributed by atoms with van der Waals surface area (Å²) in [6.07, 6.45) is -4.66. The fraction of sp³-hybridized carbons (Fsp3) is 0.333. The van der Waals surface area contributed by atoms with Crippen LogP contribution in [-0.4, -0.2) is 47.8 Å². The average Bonchev–Trinajstić information content (AvgIpc) is 3.42. The maximum Gasteiger partial charge on any atom is 0.416 e. The van der Waals surface area contributed by atoms with Crippen LogP contribution in [0.3, 0.4) is 0 Å². The highest BCUT2D eigenvalue weighted by Gasteiger charge is 2.56. The van der Waals surface area contributed by atoms with E-state index >= 15 is 0 Å². The standard InChI is InChI=1S/C27H23F3N2O7S2/c1-3-37-17-10-13(8-9-16(17)39-12-18(33)38-4-2)19-20-22(40-23-21(19)41-26(36)31-23)25(35)32(24(20)34)15-7-5-6-14(11-15)27(28,29)30/h5-11,19-20,22H,3-4,12H2,1-2H3,(H,31,36). The maximum absolute atomic E-state index is 13.8. The monoisotopic (exact) mass is 608 g/mol. The minimum atomic E-state index is -4.66. The summed E-state index contributed by atoms with van der Waals surface area (Å²) in [6.45, 7) is 3.49. The second kappa shape index (κ2) is 11.2. The highest BCUT2D eigenvalue weighted by molar-refractivity contribution is 8.00. The lowest BCUT2D eigenvalue weighted by Gasteiger charge is -2.30. The lowest BCUT2D eigenvalue weighted by molar-refractivity contribution is -0.145. The summed E-state index contributed by atoms with van der Waals surface area (Å²) >= 11 is 1.91. The van der Waals surface area contributed by atoms with Gasteiger partial charge in [-0.3, -0.25) is 14.4 Å². The van der Waals surface area contributed by atoms with E-state index in [1.807, 2.05) is 0 Å². The third kappa shape index (κ3) is 5.45. The van der Waals surface area contributed by atoms with Gasteiger partial charge >= 0.3 is 17.0 Å². The second-order valence-electron chi connectivity index (χ2n) is 9.04. The molecule has 2 aliphatic heterocycles. The van der Waals surface area contributed by atoms with Crippen LogP contribution in [0.2, 0.25) is 0 Å². The van der Waals surface area contributed by atoms with E-state index in [2.05, 4.69) is 4.98 Å². The van der Waals surface area contributed by atoms with Gasteiger partial charge in [0.1, 0.15) is 5.25 Å². The van der Waals surface area contributed by atoms with E-state index in [1.54, 1.807) is 32.0 Å². The number of carbonyl (C=O) groups excluding carboxylic acids is 3. The SMILES string of the molecule is CCOC(=O)COc1ccc(C2c3sc(=O)[nH]c3SC3C(=O)N(c4cccc(C(F)(F)F)c4)C(=O)C32)cc1OCC. The smallest absolute Gasteiger partial charge is 0.416 e. The molecule has 2 aliphatic rings. The van der Waals surface area contributed by atoms with Crippen molar-refractivity contribution in [2.75, 3.05) is 24.7 Å². The summed E-state index contributed by atoms with van der Waals surface area (Å²) in [7, 11) is 0. The van der Waals surface area contributed by atoms with Gasteiger partial charge in [-0.15, -0.1) is 0 Å². The Morgan fingerprint density at radius 1 is 1.00 bits per heavy atom. The van der Waals surface area contributed by atoms with Gasteiger partial charge in [0.05, 0.1) is 35.4 Å². The number of ether oxygens (including phenoxy) is 3. The van der Waals surface area contributed by atoms with Crippen molar-refractivity contribution in [3.8, 4) is 11.5 Å². The quantitative estimate of drug-likeness (QED) is 0.292. The number of rotatable bonds is 8. The number of amides is 2. The molecule has 3 unspecified atom stereocenters. The number of fused-ring (bicyclic) bond motifs is 2. The van der Waals surface area contributed by atoms with Crippen LogP contribution in [0, 0.1) is 5.92 Å². The van der Waals surface area contributed by atoms with Gasteiger partial charge in [0.15, 0.2) is 18.1 Å². The van der Waals surface area contributed by atoms with Crippen LogP contribution in [0.15, 0.2) is 52.3 Å². The van der Waals surface area contributed by atoms with Gasteiger partial charge in [0, 0.05) is 10.8 Å². The molecule has 216 valence electrons. The molecule has 14 heteroatoms. The Morgan fingerprint density at radius 2 is 1.78 bits per heavy atom. The van der Waals surface area contributed by atoms with Gasteiger partial charge in [0.2, 0.25) is 11.8 Å². The molecular weight excluding hydrogens is 585 g/mol. The largest absolute Gasteiger partial charge is 0.490 e. The molecule has 1 saturated heterocycles. The molecule has 0 aliphatic carbocycles. The van der Waals surface area contributed by atoms with E-state index in [9.17, 15) is 32.3 Å². The number of anilines is 1. The molecule has 3 aromatic rings. The molecule has 1 N–H and O–H groups in total. The molecule has 2 amide bonds. The number of benzene rings is 2. The number of imide groups is 1. The van der Waals surface area contributed by atoms with Gasteiger partial charge in [-0.1, -0.05) is 35.2 Å². The Labute approximate surface area is 239 Å². The van der Waals surface area contributed by atoms with Gasteiger partial charge in [-0.2, -0.15) is 13.2 Å². The summed E-state index contributed by atoms with van der Waals surface area (Å²) in [5, 5.41) is -0.575. The van der Waals surface area contributed by atoms with Gasteiger partial charge < -0.3 is 19.2 Å². The van der Waals surface area contributed by atoms with Crippen molar-refractivity contribution < 1.29 is 41.8 Å². The first-order valence-corrected chi connectivity index (χ1v) is 14.2. The number of thioether (sulfide) groups is 1. The number of hydrogen-bond donors (Lipinski definition) is 1. The zero-order chi connectivity index (χ0) is 29.5. The van der Waals surface area contributed by atoms with Crippen LogP contribution in [0.5, 0.6) is 11.5 Å². The number of halogens is 3. The number of thiazole rings is 1. The molecule has 41 heavy (non-hydrogen) atoms. The number of alkyl halides is 3. The molecule has 0 bridgehead atoms. The number of aromatic nitrogens is 1. The predicted molar refractivity (Wildman–Crippen MR) is 144 cm³/mol. The minimum Gasteiger partial charge on any atom is -0.490 e. The van der Waals surface area contributed by atoms with Gasteiger partial charge in [-0.05, 0) is 49.7 Å². The topological polar surface area (TPSA) is 115 Å². The lowest BCUT2D eigenvalue weighted by Crippen LogP contribution is -2.32. The molecule has 0 saturated carbocycles. The molecule has 3 atom stereocenters. The van der Waals surface area contributed by atoms with Crippen molar-refractivity contribution in [2.24, 2.45) is 5.92 Å². The fourth-order valence-electron chi connectivity index (χ4n) is 4.90. The van der Waals surface area contributed by atoms with Crippen molar-refractivity contribution in [1.29, 1.82) is 0 Å². The van der Waals surface area contributed by atoms with E-state index in [0.717, 1.165) is 46.2 Å². The zero-order valence-corrected chi connectivity index (χ0v) is 23.3. The Hall–Kier alpha value is -3.78. The first kappa shape index (κ1) is 28.7. The average molecular weight is 609 g/mol. The summed E-state index contributed by atoms with van der Waals surface area (Å²) in [6, 6.07) is 8.86. The third-order valence-electron chi connectivity index (χ3n) is 6.53. The Kier molecular flexibility index (Phi) is 7.88. The van der Waals surface area contributed by atoms with Crippen molar-refractivity contribution in [3.05, 3.63) is 68.1 Å². The number of nitrogens with zero attached hydrogens (tertiary/aromatic N) is 1. The number of aromatic amines is 1.